The van der Waals surface area contributed by atoms with Gasteiger partial charge in [0.05, 0.1) is 11.2 Å². The van der Waals surface area contributed by atoms with Crippen LogP contribution in [-0.2, 0) is 18.4 Å². The highest BCUT2D eigenvalue weighted by atomic mass is 32.2. The number of halogens is 2. The van der Waals surface area contributed by atoms with E-state index in [1.165, 1.54) is 23.9 Å². The minimum absolute atomic E-state index is 0.0388. The maximum Gasteiger partial charge on any atom is 0.155 e. The van der Waals surface area contributed by atoms with E-state index in [1.807, 2.05) is 20.8 Å². The lowest BCUT2D eigenvalue weighted by Crippen LogP contribution is -2.31. The summed E-state index contributed by atoms with van der Waals surface area (Å²) < 4.78 is 33.1. The first kappa shape index (κ1) is 17.9. The third kappa shape index (κ3) is 3.29. The molecule has 0 radical (unpaired) electrons. The van der Waals surface area contributed by atoms with E-state index in [-0.39, 0.29) is 5.25 Å². The summed E-state index contributed by atoms with van der Waals surface area (Å²) in [5, 5.41) is 4.51. The van der Waals surface area contributed by atoms with Crippen LogP contribution in [0.3, 0.4) is 0 Å². The fourth-order valence-electron chi connectivity index (χ4n) is 3.37. The molecule has 1 aromatic heterocycles. The first-order valence-electron chi connectivity index (χ1n) is 8.32. The molecule has 7 heteroatoms. The Bertz CT molecular complexity index is 799. The van der Waals surface area contributed by atoms with Crippen LogP contribution in [0, 0.1) is 11.6 Å². The highest BCUT2D eigenvalue weighted by Crippen LogP contribution is 2.48. The van der Waals surface area contributed by atoms with Gasteiger partial charge in [-0.15, -0.1) is 0 Å². The lowest BCUT2D eigenvalue weighted by Gasteiger charge is -2.35. The van der Waals surface area contributed by atoms with E-state index in [0.717, 1.165) is 35.9 Å². The Balaban J connectivity index is 2.05. The quantitative estimate of drug-likeness (QED) is 0.867. The molecule has 3 rings (SSSR count). The number of amidine groups is 1. The summed E-state index contributed by atoms with van der Waals surface area (Å²) in [4.78, 5) is 4.49. The van der Waals surface area contributed by atoms with Gasteiger partial charge in [-0.2, -0.15) is 0 Å². The van der Waals surface area contributed by atoms with E-state index >= 15 is 0 Å². The molecule has 1 aliphatic rings. The Morgan fingerprint density at radius 3 is 2.72 bits per heavy atom. The Labute approximate surface area is 149 Å². The number of nitrogens with two attached hydrogens (primary N) is 1. The van der Waals surface area contributed by atoms with Crippen LogP contribution in [0.25, 0.3) is 0 Å². The van der Waals surface area contributed by atoms with E-state index in [0.29, 0.717) is 17.2 Å². The average Bonchev–Trinajstić information content (AvgIpc) is 2.96. The monoisotopic (exact) mass is 365 g/mol. The molecule has 0 aliphatic carbocycles. The van der Waals surface area contributed by atoms with E-state index in [1.54, 1.807) is 0 Å². The number of aliphatic imine (C=N–C) groups is 1. The molecular weight excluding hydrogens is 344 g/mol. The number of nitrogens with zero attached hydrogens (tertiary/aromatic N) is 2. The molecule has 2 aromatic rings. The van der Waals surface area contributed by atoms with Crippen molar-refractivity contribution >= 4 is 16.9 Å². The zero-order chi connectivity index (χ0) is 18.2. The predicted octanol–water partition coefficient (Wildman–Crippen LogP) is 4.49. The van der Waals surface area contributed by atoms with Gasteiger partial charge in [0.2, 0.25) is 0 Å². The van der Waals surface area contributed by atoms with Crippen LogP contribution in [0.1, 0.15) is 55.0 Å². The van der Waals surface area contributed by atoms with E-state index < -0.39 is 17.2 Å². The zero-order valence-electron chi connectivity index (χ0n) is 14.5. The molecule has 2 heterocycles. The molecule has 0 saturated carbocycles. The number of thioether (sulfide) groups is 1. The Hall–Kier alpha value is -1.89. The SMILES string of the molecule is CCc1noc(CC)c1[C@@H]1C[C@@](C)(c2ccc(F)cc2F)N=C(N)S1. The van der Waals surface area contributed by atoms with Crippen LogP contribution in [0.5, 0.6) is 0 Å². The second-order valence-corrected chi connectivity index (χ2v) is 7.55. The summed E-state index contributed by atoms with van der Waals surface area (Å²) >= 11 is 1.44. The van der Waals surface area contributed by atoms with Crippen molar-refractivity contribution in [3.8, 4) is 0 Å². The zero-order valence-corrected chi connectivity index (χ0v) is 15.3. The molecule has 0 amide bonds. The third-order valence-corrected chi connectivity index (χ3v) is 5.59. The topological polar surface area (TPSA) is 64.4 Å². The largest absolute Gasteiger partial charge is 0.378 e. The van der Waals surface area contributed by atoms with Gasteiger partial charge in [-0.25, -0.2) is 8.78 Å². The van der Waals surface area contributed by atoms with Crippen molar-refractivity contribution in [1.82, 2.24) is 5.16 Å². The molecule has 1 aromatic carbocycles. The van der Waals surface area contributed by atoms with Crippen LogP contribution >= 0.6 is 11.8 Å². The first-order valence-corrected chi connectivity index (χ1v) is 9.20. The van der Waals surface area contributed by atoms with E-state index in [9.17, 15) is 8.78 Å². The second-order valence-electron chi connectivity index (χ2n) is 6.33. The molecule has 0 unspecified atom stereocenters. The van der Waals surface area contributed by atoms with E-state index in [2.05, 4.69) is 10.1 Å². The van der Waals surface area contributed by atoms with Crippen LogP contribution < -0.4 is 5.73 Å². The minimum atomic E-state index is -0.870. The Morgan fingerprint density at radius 2 is 2.08 bits per heavy atom. The molecule has 0 saturated heterocycles. The highest BCUT2D eigenvalue weighted by molar-refractivity contribution is 8.14. The number of hydrogen-bond donors (Lipinski definition) is 1. The van der Waals surface area contributed by atoms with Crippen molar-refractivity contribution < 1.29 is 13.3 Å². The van der Waals surface area contributed by atoms with Gasteiger partial charge >= 0.3 is 0 Å². The predicted molar refractivity (Wildman–Crippen MR) is 95.5 cm³/mol. The number of rotatable bonds is 4. The van der Waals surface area contributed by atoms with Crippen molar-refractivity contribution in [3.63, 3.8) is 0 Å². The summed E-state index contributed by atoms with van der Waals surface area (Å²) in [6.45, 7) is 5.85. The second kappa shape index (κ2) is 6.78. The van der Waals surface area contributed by atoms with E-state index in [4.69, 9.17) is 10.3 Å². The molecule has 0 fully saturated rings. The van der Waals surface area contributed by atoms with Gasteiger partial charge in [0.15, 0.2) is 5.17 Å². The molecular formula is C18H21F2N3OS. The number of benzene rings is 1. The van der Waals surface area contributed by atoms with Crippen molar-refractivity contribution in [2.75, 3.05) is 0 Å². The summed E-state index contributed by atoms with van der Waals surface area (Å²) in [7, 11) is 0. The van der Waals surface area contributed by atoms with Gasteiger partial charge in [-0.05, 0) is 25.8 Å². The van der Waals surface area contributed by atoms with Gasteiger partial charge in [0, 0.05) is 28.9 Å². The fourth-order valence-corrected chi connectivity index (χ4v) is 4.70. The van der Waals surface area contributed by atoms with Gasteiger partial charge in [0.25, 0.3) is 0 Å². The van der Waals surface area contributed by atoms with Crippen molar-refractivity contribution in [3.05, 3.63) is 52.4 Å². The Kier molecular flexibility index (Phi) is 4.86. The first-order chi connectivity index (χ1) is 11.9. The average molecular weight is 365 g/mol. The molecule has 1 aliphatic heterocycles. The van der Waals surface area contributed by atoms with Crippen LogP contribution in [-0.4, -0.2) is 10.3 Å². The normalized spacial score (nSPS) is 23.6. The number of hydrogen-bond acceptors (Lipinski definition) is 5. The number of aromatic nitrogens is 1. The molecule has 2 N–H and O–H groups in total. The third-order valence-electron chi connectivity index (χ3n) is 4.57. The summed E-state index contributed by atoms with van der Waals surface area (Å²) in [5.41, 5.74) is 7.47. The standard InChI is InChI=1S/C18H21F2N3OS/c1-4-13-16(14(5-2)24-23-13)15-9-18(3,22-17(21)25-15)11-7-6-10(19)8-12(11)20/h6-8,15H,4-5,9H2,1-3H3,(H2,21,22)/t15-,18-/m0/s1. The van der Waals surface area contributed by atoms with Gasteiger partial charge in [0.1, 0.15) is 17.4 Å². The van der Waals surface area contributed by atoms with Gasteiger partial charge < -0.3 is 10.3 Å². The van der Waals surface area contributed by atoms with Crippen molar-refractivity contribution in [2.45, 2.75) is 50.8 Å². The molecule has 4 nitrogen and oxygen atoms in total. The van der Waals surface area contributed by atoms with Crippen molar-refractivity contribution in [2.24, 2.45) is 10.7 Å². The fraction of sp³-hybridized carbons (Fsp3) is 0.444. The molecule has 0 bridgehead atoms. The van der Waals surface area contributed by atoms with Crippen LogP contribution in [0.2, 0.25) is 0 Å². The maximum absolute atomic E-state index is 14.4. The molecule has 25 heavy (non-hydrogen) atoms. The molecule has 134 valence electrons. The molecule has 0 spiro atoms. The Morgan fingerprint density at radius 1 is 1.32 bits per heavy atom. The lowest BCUT2D eigenvalue weighted by molar-refractivity contribution is 0.378. The van der Waals surface area contributed by atoms with Gasteiger partial charge in [-0.1, -0.05) is 36.8 Å². The summed E-state index contributed by atoms with van der Waals surface area (Å²) in [6.07, 6.45) is 1.99. The number of aryl methyl sites for hydroxylation is 2. The van der Waals surface area contributed by atoms with Gasteiger partial charge in [-0.3, -0.25) is 4.99 Å². The van der Waals surface area contributed by atoms with Crippen LogP contribution in [0.4, 0.5) is 8.78 Å². The maximum atomic E-state index is 14.4. The smallest absolute Gasteiger partial charge is 0.155 e. The summed E-state index contributed by atoms with van der Waals surface area (Å²) in [6, 6.07) is 3.58. The van der Waals surface area contributed by atoms with Crippen LogP contribution in [0.15, 0.2) is 27.7 Å². The van der Waals surface area contributed by atoms with Crippen molar-refractivity contribution in [1.29, 1.82) is 0 Å². The minimum Gasteiger partial charge on any atom is -0.378 e. The molecule has 2 atom stereocenters. The summed E-state index contributed by atoms with van der Waals surface area (Å²) in [5.74, 6) is -0.392. The lowest BCUT2D eigenvalue weighted by atomic mass is 9.85. The highest BCUT2D eigenvalue weighted by Gasteiger charge is 2.39.